The summed E-state index contributed by atoms with van der Waals surface area (Å²) < 4.78 is 6.34. The molecule has 198 valence electrons. The molecule has 1 heterocycles. The molecular formula is C40H27NO. The number of para-hydroxylation sites is 2. The van der Waals surface area contributed by atoms with Crippen molar-refractivity contribution in [3.63, 3.8) is 0 Å². The number of hydrogen-bond acceptors (Lipinski definition) is 2. The van der Waals surface area contributed by atoms with Crippen molar-refractivity contribution >= 4 is 49.8 Å². The van der Waals surface area contributed by atoms with Crippen molar-refractivity contribution in [3.05, 3.63) is 164 Å². The van der Waals surface area contributed by atoms with Crippen molar-refractivity contribution in [3.8, 4) is 22.3 Å². The molecule has 7 aromatic carbocycles. The van der Waals surface area contributed by atoms with Gasteiger partial charge in [-0.15, -0.1) is 0 Å². The first-order valence-corrected chi connectivity index (χ1v) is 14.3. The van der Waals surface area contributed by atoms with Gasteiger partial charge in [0.2, 0.25) is 0 Å². The first-order chi connectivity index (χ1) is 20.8. The predicted octanol–water partition coefficient (Wildman–Crippen LogP) is 11.5. The SMILES string of the molecule is c1ccc(-c2ccc(N(c3ccccc3)c3ccc(-c4cc5c6ccccc6oc5c5ccccc45)cc3)cc2)cc1. The van der Waals surface area contributed by atoms with Gasteiger partial charge < -0.3 is 9.32 Å². The molecule has 0 saturated carbocycles. The predicted molar refractivity (Wildman–Crippen MR) is 177 cm³/mol. The molecule has 2 nitrogen and oxygen atoms in total. The third-order valence-electron chi connectivity index (χ3n) is 8.07. The first-order valence-electron chi connectivity index (χ1n) is 14.3. The van der Waals surface area contributed by atoms with Crippen LogP contribution in [-0.2, 0) is 0 Å². The van der Waals surface area contributed by atoms with Gasteiger partial charge in [-0.2, -0.15) is 0 Å². The molecule has 2 heteroatoms. The van der Waals surface area contributed by atoms with Crippen LogP contribution in [0.2, 0.25) is 0 Å². The number of furan rings is 1. The molecule has 42 heavy (non-hydrogen) atoms. The summed E-state index contributed by atoms with van der Waals surface area (Å²) in [5.74, 6) is 0. The van der Waals surface area contributed by atoms with E-state index in [0.29, 0.717) is 0 Å². The Kier molecular flexibility index (Phi) is 5.82. The largest absolute Gasteiger partial charge is 0.455 e. The van der Waals surface area contributed by atoms with Crippen LogP contribution in [0.1, 0.15) is 0 Å². The maximum Gasteiger partial charge on any atom is 0.143 e. The van der Waals surface area contributed by atoms with E-state index in [1.165, 1.54) is 27.6 Å². The zero-order chi connectivity index (χ0) is 27.9. The minimum Gasteiger partial charge on any atom is -0.455 e. The van der Waals surface area contributed by atoms with Crippen molar-refractivity contribution in [1.82, 2.24) is 0 Å². The monoisotopic (exact) mass is 537 g/mol. The molecule has 0 fully saturated rings. The standard InChI is InChI=1S/C40H27NO/c1-3-11-28(12-4-1)29-19-23-32(24-20-29)41(31-13-5-2-6-14-31)33-25-21-30(22-26-33)37-27-38-35-16-9-10-18-39(35)42-40(38)36-17-8-7-15-34(36)37/h1-27H. The minimum absolute atomic E-state index is 0.918. The van der Waals surface area contributed by atoms with Crippen LogP contribution in [0.25, 0.3) is 55.0 Å². The quantitative estimate of drug-likeness (QED) is 0.217. The maximum absolute atomic E-state index is 6.34. The van der Waals surface area contributed by atoms with E-state index in [-0.39, 0.29) is 0 Å². The average Bonchev–Trinajstić information content (AvgIpc) is 3.45. The average molecular weight is 538 g/mol. The summed E-state index contributed by atoms with van der Waals surface area (Å²) in [6, 6.07) is 57.9. The molecule has 0 aliphatic heterocycles. The van der Waals surface area contributed by atoms with E-state index in [4.69, 9.17) is 4.42 Å². The molecule has 0 amide bonds. The molecule has 8 aromatic rings. The van der Waals surface area contributed by atoms with Gasteiger partial charge in [0.25, 0.3) is 0 Å². The highest BCUT2D eigenvalue weighted by molar-refractivity contribution is 6.19. The van der Waals surface area contributed by atoms with E-state index < -0.39 is 0 Å². The first kappa shape index (κ1) is 24.2. The molecule has 8 rings (SSSR count). The molecule has 0 unspecified atom stereocenters. The van der Waals surface area contributed by atoms with Gasteiger partial charge >= 0.3 is 0 Å². The maximum atomic E-state index is 6.34. The summed E-state index contributed by atoms with van der Waals surface area (Å²) in [4.78, 5) is 2.31. The summed E-state index contributed by atoms with van der Waals surface area (Å²) in [7, 11) is 0. The Morgan fingerprint density at radius 2 is 0.857 bits per heavy atom. The van der Waals surface area contributed by atoms with Gasteiger partial charge in [0, 0.05) is 33.2 Å². The fourth-order valence-electron chi connectivity index (χ4n) is 6.03. The second-order valence-electron chi connectivity index (χ2n) is 10.6. The molecule has 1 aromatic heterocycles. The Balaban J connectivity index is 1.24. The van der Waals surface area contributed by atoms with E-state index in [9.17, 15) is 0 Å². The van der Waals surface area contributed by atoms with Gasteiger partial charge in [0.05, 0.1) is 0 Å². The third kappa shape index (κ3) is 4.13. The van der Waals surface area contributed by atoms with E-state index in [2.05, 4.69) is 157 Å². The minimum atomic E-state index is 0.918. The fraction of sp³-hybridized carbons (Fsp3) is 0. The van der Waals surface area contributed by atoms with Crippen LogP contribution in [0.3, 0.4) is 0 Å². The van der Waals surface area contributed by atoms with Gasteiger partial charge in [0.15, 0.2) is 0 Å². The Morgan fingerprint density at radius 3 is 1.55 bits per heavy atom. The lowest BCUT2D eigenvalue weighted by atomic mass is 9.95. The summed E-state index contributed by atoms with van der Waals surface area (Å²) in [6.07, 6.45) is 0. The highest BCUT2D eigenvalue weighted by Crippen LogP contribution is 2.41. The summed E-state index contributed by atoms with van der Waals surface area (Å²) in [5.41, 5.74) is 10.0. The van der Waals surface area contributed by atoms with E-state index in [1.807, 2.05) is 12.1 Å². The smallest absolute Gasteiger partial charge is 0.143 e. The fourth-order valence-corrected chi connectivity index (χ4v) is 6.03. The molecule has 0 saturated heterocycles. The van der Waals surface area contributed by atoms with Crippen molar-refractivity contribution in [2.24, 2.45) is 0 Å². The second kappa shape index (κ2) is 10.1. The summed E-state index contributed by atoms with van der Waals surface area (Å²) >= 11 is 0. The van der Waals surface area contributed by atoms with Crippen molar-refractivity contribution in [2.75, 3.05) is 4.90 Å². The van der Waals surface area contributed by atoms with E-state index in [0.717, 1.165) is 44.4 Å². The summed E-state index contributed by atoms with van der Waals surface area (Å²) in [6.45, 7) is 0. The Morgan fingerprint density at radius 1 is 0.357 bits per heavy atom. The lowest BCUT2D eigenvalue weighted by Crippen LogP contribution is -2.09. The Hall–Kier alpha value is -5.60. The molecular weight excluding hydrogens is 510 g/mol. The number of hydrogen-bond donors (Lipinski definition) is 0. The van der Waals surface area contributed by atoms with Crippen LogP contribution in [0.15, 0.2) is 168 Å². The summed E-state index contributed by atoms with van der Waals surface area (Å²) in [5, 5.41) is 4.61. The molecule has 0 atom stereocenters. The van der Waals surface area contributed by atoms with Crippen molar-refractivity contribution < 1.29 is 4.42 Å². The number of nitrogens with zero attached hydrogens (tertiary/aromatic N) is 1. The molecule has 0 aliphatic rings. The zero-order valence-electron chi connectivity index (χ0n) is 22.9. The van der Waals surface area contributed by atoms with Crippen LogP contribution in [-0.4, -0.2) is 0 Å². The van der Waals surface area contributed by atoms with Gasteiger partial charge in [-0.3, -0.25) is 0 Å². The molecule has 0 spiro atoms. The van der Waals surface area contributed by atoms with E-state index >= 15 is 0 Å². The molecule has 0 radical (unpaired) electrons. The lowest BCUT2D eigenvalue weighted by Gasteiger charge is -2.26. The van der Waals surface area contributed by atoms with Gasteiger partial charge in [-0.05, 0) is 76.2 Å². The van der Waals surface area contributed by atoms with E-state index in [1.54, 1.807) is 0 Å². The second-order valence-corrected chi connectivity index (χ2v) is 10.6. The topological polar surface area (TPSA) is 16.4 Å². The zero-order valence-corrected chi connectivity index (χ0v) is 22.9. The lowest BCUT2D eigenvalue weighted by molar-refractivity contribution is 0.672. The molecule has 0 bridgehead atoms. The normalized spacial score (nSPS) is 11.3. The number of anilines is 3. The van der Waals surface area contributed by atoms with Gasteiger partial charge in [0.1, 0.15) is 11.2 Å². The van der Waals surface area contributed by atoms with Crippen LogP contribution in [0, 0.1) is 0 Å². The molecule has 0 N–H and O–H groups in total. The van der Waals surface area contributed by atoms with Crippen molar-refractivity contribution in [1.29, 1.82) is 0 Å². The highest BCUT2D eigenvalue weighted by Gasteiger charge is 2.16. The van der Waals surface area contributed by atoms with Gasteiger partial charge in [-0.25, -0.2) is 0 Å². The third-order valence-corrected chi connectivity index (χ3v) is 8.07. The molecule has 0 aliphatic carbocycles. The van der Waals surface area contributed by atoms with Crippen molar-refractivity contribution in [2.45, 2.75) is 0 Å². The van der Waals surface area contributed by atoms with Crippen LogP contribution < -0.4 is 4.90 Å². The highest BCUT2D eigenvalue weighted by atomic mass is 16.3. The van der Waals surface area contributed by atoms with Crippen LogP contribution >= 0.6 is 0 Å². The van der Waals surface area contributed by atoms with Crippen LogP contribution in [0.5, 0.6) is 0 Å². The number of fused-ring (bicyclic) bond motifs is 5. The number of rotatable bonds is 5. The van der Waals surface area contributed by atoms with Gasteiger partial charge in [-0.1, -0.05) is 115 Å². The van der Waals surface area contributed by atoms with Crippen LogP contribution in [0.4, 0.5) is 17.1 Å². The number of benzene rings is 7. The Bertz CT molecular complexity index is 2160. The Labute approximate surface area is 244 Å².